The van der Waals surface area contributed by atoms with Crippen molar-refractivity contribution in [3.63, 3.8) is 0 Å². The highest BCUT2D eigenvalue weighted by molar-refractivity contribution is 5.77. The van der Waals surface area contributed by atoms with Crippen molar-refractivity contribution in [3.8, 4) is 0 Å². The van der Waals surface area contributed by atoms with Crippen LogP contribution < -0.4 is 5.32 Å². The second kappa shape index (κ2) is 3.48. The predicted molar refractivity (Wildman–Crippen MR) is 58.5 cm³/mol. The highest BCUT2D eigenvalue weighted by Gasteiger charge is 2.44. The van der Waals surface area contributed by atoms with Gasteiger partial charge in [-0.1, -0.05) is 0 Å². The van der Waals surface area contributed by atoms with E-state index in [1.165, 1.54) is 32.2 Å². The minimum absolute atomic E-state index is 0.411. The Labute approximate surface area is 91.2 Å². The molecule has 1 saturated carbocycles. The summed E-state index contributed by atoms with van der Waals surface area (Å²) in [5.41, 5.74) is 0.425. The fourth-order valence-corrected chi connectivity index (χ4v) is 3.14. The number of carbonyl (C=O) groups excluding carboxylic acids is 1. The lowest BCUT2D eigenvalue weighted by Crippen LogP contribution is -2.53. The van der Waals surface area contributed by atoms with E-state index in [1.54, 1.807) is 0 Å². The maximum Gasteiger partial charge on any atom is 0.222 e. The number of rotatable bonds is 1. The summed E-state index contributed by atoms with van der Waals surface area (Å²) >= 11 is 0. The molecule has 0 aromatic carbocycles. The molecule has 3 fully saturated rings. The monoisotopic (exact) mass is 208 g/mol. The molecular formula is C12H20N2O. The average molecular weight is 208 g/mol. The van der Waals surface area contributed by atoms with Crippen LogP contribution in [0.3, 0.4) is 0 Å². The number of hydrogen-bond acceptors (Lipinski definition) is 2. The maximum atomic E-state index is 11.8. The summed E-state index contributed by atoms with van der Waals surface area (Å²) in [5, 5.41) is 3.50. The van der Waals surface area contributed by atoms with Crippen molar-refractivity contribution in [2.24, 2.45) is 5.41 Å². The van der Waals surface area contributed by atoms with E-state index in [0.717, 1.165) is 25.9 Å². The van der Waals surface area contributed by atoms with Gasteiger partial charge in [0, 0.05) is 31.0 Å². The smallest absolute Gasteiger partial charge is 0.222 e. The molecule has 3 nitrogen and oxygen atoms in total. The Morgan fingerprint density at radius 3 is 2.87 bits per heavy atom. The van der Waals surface area contributed by atoms with Crippen molar-refractivity contribution in [2.45, 2.75) is 44.6 Å². The van der Waals surface area contributed by atoms with Gasteiger partial charge in [-0.3, -0.25) is 4.79 Å². The minimum Gasteiger partial charge on any atom is -0.339 e. The Bertz CT molecular complexity index is 267. The van der Waals surface area contributed by atoms with E-state index >= 15 is 0 Å². The van der Waals surface area contributed by atoms with Crippen molar-refractivity contribution in [2.75, 3.05) is 19.6 Å². The van der Waals surface area contributed by atoms with E-state index in [2.05, 4.69) is 10.2 Å². The van der Waals surface area contributed by atoms with Crippen LogP contribution in [-0.2, 0) is 4.79 Å². The standard InChI is InChI=1S/C12H20N2O/c15-11-4-6-12(5-1-7-13-8-12)9-14(11)10-2-3-10/h10,13H,1-9H2. The molecule has 1 amide bonds. The Morgan fingerprint density at radius 1 is 1.33 bits per heavy atom. The molecule has 3 aliphatic rings. The lowest BCUT2D eigenvalue weighted by atomic mass is 9.74. The van der Waals surface area contributed by atoms with Gasteiger partial charge in [0.2, 0.25) is 5.91 Å². The van der Waals surface area contributed by atoms with E-state index in [4.69, 9.17) is 0 Å². The summed E-state index contributed by atoms with van der Waals surface area (Å²) in [6.45, 7) is 3.33. The van der Waals surface area contributed by atoms with E-state index in [-0.39, 0.29) is 0 Å². The molecule has 1 atom stereocenters. The van der Waals surface area contributed by atoms with Gasteiger partial charge < -0.3 is 10.2 Å². The average Bonchev–Trinajstić information content (AvgIpc) is 3.07. The number of piperidine rings is 2. The number of carbonyl (C=O) groups is 1. The lowest BCUT2D eigenvalue weighted by Gasteiger charge is -2.45. The van der Waals surface area contributed by atoms with Crippen LogP contribution in [0.2, 0.25) is 0 Å². The quantitative estimate of drug-likeness (QED) is 0.701. The zero-order valence-corrected chi connectivity index (χ0v) is 9.30. The van der Waals surface area contributed by atoms with Crippen molar-refractivity contribution < 1.29 is 4.79 Å². The Morgan fingerprint density at radius 2 is 2.20 bits per heavy atom. The molecule has 84 valence electrons. The Kier molecular flexibility index (Phi) is 2.23. The number of amides is 1. The maximum absolute atomic E-state index is 11.8. The van der Waals surface area contributed by atoms with Crippen LogP contribution in [-0.4, -0.2) is 36.5 Å². The van der Waals surface area contributed by atoms with Gasteiger partial charge in [0.1, 0.15) is 0 Å². The van der Waals surface area contributed by atoms with Crippen LogP contribution in [0.25, 0.3) is 0 Å². The molecule has 2 heterocycles. The fraction of sp³-hybridized carbons (Fsp3) is 0.917. The highest BCUT2D eigenvalue weighted by atomic mass is 16.2. The molecule has 3 rings (SSSR count). The molecule has 0 radical (unpaired) electrons. The molecular weight excluding hydrogens is 188 g/mol. The van der Waals surface area contributed by atoms with Crippen molar-refractivity contribution in [1.29, 1.82) is 0 Å². The van der Waals surface area contributed by atoms with E-state index in [0.29, 0.717) is 17.4 Å². The Balaban J connectivity index is 1.72. The molecule has 1 aliphatic carbocycles. The third-order valence-electron chi connectivity index (χ3n) is 4.24. The van der Waals surface area contributed by atoms with Crippen LogP contribution in [0.1, 0.15) is 38.5 Å². The number of nitrogens with zero attached hydrogens (tertiary/aromatic N) is 1. The van der Waals surface area contributed by atoms with Gasteiger partial charge in [-0.05, 0) is 38.6 Å². The van der Waals surface area contributed by atoms with E-state index < -0.39 is 0 Å². The first kappa shape index (κ1) is 9.64. The summed E-state index contributed by atoms with van der Waals surface area (Å²) in [6, 6.07) is 0.608. The fourth-order valence-electron chi connectivity index (χ4n) is 3.14. The highest BCUT2D eigenvalue weighted by Crippen LogP contribution is 2.40. The molecule has 15 heavy (non-hydrogen) atoms. The van der Waals surface area contributed by atoms with Gasteiger partial charge in [0.15, 0.2) is 0 Å². The second-order valence-corrected chi connectivity index (χ2v) is 5.53. The number of nitrogens with one attached hydrogen (secondary N) is 1. The molecule has 0 aromatic rings. The normalized spacial score (nSPS) is 37.3. The first-order chi connectivity index (χ1) is 7.29. The van der Waals surface area contributed by atoms with Gasteiger partial charge >= 0.3 is 0 Å². The van der Waals surface area contributed by atoms with Gasteiger partial charge in [-0.2, -0.15) is 0 Å². The second-order valence-electron chi connectivity index (χ2n) is 5.53. The first-order valence-corrected chi connectivity index (χ1v) is 6.29. The van der Waals surface area contributed by atoms with Gasteiger partial charge in [-0.15, -0.1) is 0 Å². The van der Waals surface area contributed by atoms with Gasteiger partial charge in [-0.25, -0.2) is 0 Å². The molecule has 1 N–H and O–H groups in total. The lowest BCUT2D eigenvalue weighted by molar-refractivity contribution is -0.138. The van der Waals surface area contributed by atoms with Crippen LogP contribution in [0.5, 0.6) is 0 Å². The third kappa shape index (κ3) is 1.78. The SMILES string of the molecule is O=C1CCC2(CCCNC2)CN1C1CC1. The van der Waals surface area contributed by atoms with Crippen LogP contribution >= 0.6 is 0 Å². The van der Waals surface area contributed by atoms with Crippen LogP contribution in [0, 0.1) is 5.41 Å². The van der Waals surface area contributed by atoms with Crippen molar-refractivity contribution in [1.82, 2.24) is 10.2 Å². The predicted octanol–water partition coefficient (Wildman–Crippen LogP) is 1.14. The topological polar surface area (TPSA) is 32.3 Å². The minimum atomic E-state index is 0.411. The molecule has 3 heteroatoms. The first-order valence-electron chi connectivity index (χ1n) is 6.29. The van der Waals surface area contributed by atoms with Crippen molar-refractivity contribution >= 4 is 5.91 Å². The molecule has 1 spiro atoms. The summed E-state index contributed by atoms with van der Waals surface area (Å²) in [5.74, 6) is 0.411. The zero-order chi connectivity index (χ0) is 10.3. The van der Waals surface area contributed by atoms with Crippen LogP contribution in [0.4, 0.5) is 0 Å². The van der Waals surface area contributed by atoms with E-state index in [1.807, 2.05) is 0 Å². The van der Waals surface area contributed by atoms with E-state index in [9.17, 15) is 4.79 Å². The number of likely N-dealkylation sites (tertiary alicyclic amines) is 1. The zero-order valence-electron chi connectivity index (χ0n) is 9.30. The van der Waals surface area contributed by atoms with Gasteiger partial charge in [0.25, 0.3) is 0 Å². The molecule has 0 bridgehead atoms. The van der Waals surface area contributed by atoms with Crippen molar-refractivity contribution in [3.05, 3.63) is 0 Å². The third-order valence-corrected chi connectivity index (χ3v) is 4.24. The summed E-state index contributed by atoms with van der Waals surface area (Å²) in [7, 11) is 0. The molecule has 1 unspecified atom stereocenters. The number of hydrogen-bond donors (Lipinski definition) is 1. The Hall–Kier alpha value is -0.570. The summed E-state index contributed by atoms with van der Waals surface area (Å²) in [6.07, 6.45) is 6.99. The molecule has 0 aromatic heterocycles. The largest absolute Gasteiger partial charge is 0.339 e. The van der Waals surface area contributed by atoms with Gasteiger partial charge in [0.05, 0.1) is 0 Å². The molecule has 2 aliphatic heterocycles. The summed E-state index contributed by atoms with van der Waals surface area (Å²) in [4.78, 5) is 14.0. The molecule has 2 saturated heterocycles. The summed E-state index contributed by atoms with van der Waals surface area (Å²) < 4.78 is 0. The van der Waals surface area contributed by atoms with Crippen LogP contribution in [0.15, 0.2) is 0 Å².